The molecule has 0 bridgehead atoms. The Morgan fingerprint density at radius 3 is 2.46 bits per heavy atom. The second-order valence-electron chi connectivity index (χ2n) is 9.54. The Labute approximate surface area is 252 Å². The minimum atomic E-state index is -3.50. The van der Waals surface area contributed by atoms with E-state index in [1.54, 1.807) is 41.3 Å². The molecular formula is C29H25Cl3N2O6S. The fourth-order valence-electron chi connectivity index (χ4n) is 4.49. The monoisotopic (exact) mass is 634 g/mol. The first-order valence-corrected chi connectivity index (χ1v) is 15.4. The van der Waals surface area contributed by atoms with Gasteiger partial charge < -0.3 is 15.3 Å². The zero-order valence-corrected chi connectivity index (χ0v) is 24.8. The molecule has 0 aromatic heterocycles. The maximum atomic E-state index is 13.2. The third-order valence-corrected chi connectivity index (χ3v) is 8.79. The van der Waals surface area contributed by atoms with Gasteiger partial charge in [0.2, 0.25) is 5.91 Å². The van der Waals surface area contributed by atoms with Crippen LogP contribution in [0.1, 0.15) is 32.6 Å². The van der Waals surface area contributed by atoms with Gasteiger partial charge >= 0.3 is 5.97 Å². The van der Waals surface area contributed by atoms with Crippen LogP contribution in [-0.2, 0) is 38.8 Å². The summed E-state index contributed by atoms with van der Waals surface area (Å²) in [5, 5.41) is 12.8. The number of hydrogen-bond donors (Lipinski definition) is 2. The van der Waals surface area contributed by atoms with Crippen molar-refractivity contribution in [2.24, 2.45) is 0 Å². The van der Waals surface area contributed by atoms with Gasteiger partial charge in [0.15, 0.2) is 9.84 Å². The Balaban J connectivity index is 1.51. The standard InChI is InChI=1S/C29H25Cl3N2O6S/c1-41(39,40)20-7-4-5-17(13-20)14-24(29(37)38)33-28(36)26-23(31)15-19-16-34(12-11-21(19)27(26)32)25(35)10-9-18-6-2-3-8-22(18)30/h2-10,13,15,24H,11-12,14,16H2,1H3,(H,33,36)(H,37,38)/b10-9+/t24-/m0/s1. The lowest BCUT2D eigenvalue weighted by Gasteiger charge is -2.29. The molecule has 0 saturated carbocycles. The van der Waals surface area contributed by atoms with Gasteiger partial charge in [-0.3, -0.25) is 9.59 Å². The van der Waals surface area contributed by atoms with Crippen LogP contribution in [-0.4, -0.2) is 55.1 Å². The fourth-order valence-corrected chi connectivity index (χ4v) is 6.15. The van der Waals surface area contributed by atoms with Crippen LogP contribution in [0.5, 0.6) is 0 Å². The zero-order chi connectivity index (χ0) is 29.9. The van der Waals surface area contributed by atoms with Crippen LogP contribution in [0.2, 0.25) is 15.1 Å². The number of amides is 2. The number of halogens is 3. The van der Waals surface area contributed by atoms with Gasteiger partial charge in [-0.2, -0.15) is 0 Å². The smallest absolute Gasteiger partial charge is 0.326 e. The van der Waals surface area contributed by atoms with E-state index in [-0.39, 0.29) is 39.4 Å². The molecule has 214 valence electrons. The number of carboxylic acid groups (broad SMARTS) is 1. The molecule has 3 aromatic carbocycles. The van der Waals surface area contributed by atoms with Crippen molar-refractivity contribution in [1.29, 1.82) is 0 Å². The van der Waals surface area contributed by atoms with E-state index in [0.29, 0.717) is 40.2 Å². The second kappa shape index (κ2) is 12.7. The van der Waals surface area contributed by atoms with Gasteiger partial charge in [-0.1, -0.05) is 65.1 Å². The van der Waals surface area contributed by atoms with Crippen molar-refractivity contribution in [3.05, 3.63) is 104 Å². The third-order valence-electron chi connectivity index (χ3n) is 6.62. The van der Waals surface area contributed by atoms with Gasteiger partial charge in [-0.15, -0.1) is 0 Å². The van der Waals surface area contributed by atoms with Crippen LogP contribution in [0.25, 0.3) is 6.08 Å². The topological polar surface area (TPSA) is 121 Å². The molecule has 8 nitrogen and oxygen atoms in total. The van der Waals surface area contributed by atoms with Crippen molar-refractivity contribution in [3.63, 3.8) is 0 Å². The molecule has 4 rings (SSSR count). The molecule has 1 aliphatic heterocycles. The van der Waals surface area contributed by atoms with Crippen molar-refractivity contribution >= 4 is 68.5 Å². The van der Waals surface area contributed by atoms with E-state index in [0.717, 1.165) is 6.26 Å². The van der Waals surface area contributed by atoms with Crippen LogP contribution in [0, 0.1) is 0 Å². The predicted molar refractivity (Wildman–Crippen MR) is 158 cm³/mol. The van der Waals surface area contributed by atoms with Crippen LogP contribution >= 0.6 is 34.8 Å². The molecular weight excluding hydrogens is 611 g/mol. The van der Waals surface area contributed by atoms with E-state index in [9.17, 15) is 27.9 Å². The van der Waals surface area contributed by atoms with Gasteiger partial charge in [0, 0.05) is 36.9 Å². The van der Waals surface area contributed by atoms with Crippen molar-refractivity contribution in [2.75, 3.05) is 12.8 Å². The molecule has 1 aliphatic rings. The summed E-state index contributed by atoms with van der Waals surface area (Å²) in [6.45, 7) is 0.562. The highest BCUT2D eigenvalue weighted by Crippen LogP contribution is 2.35. The lowest BCUT2D eigenvalue weighted by molar-refractivity contribution is -0.139. The number of rotatable bonds is 8. The SMILES string of the molecule is CS(=O)(=O)c1cccc(C[C@H](NC(=O)c2c(Cl)cc3c(c2Cl)CCN(C(=O)/C=C/c2ccccc2Cl)C3)C(=O)O)c1. The molecule has 0 radical (unpaired) electrons. The Kier molecular flexibility index (Phi) is 9.44. The first kappa shape index (κ1) is 30.6. The molecule has 0 unspecified atom stereocenters. The highest BCUT2D eigenvalue weighted by Gasteiger charge is 2.29. The Morgan fingerprint density at radius 1 is 1.05 bits per heavy atom. The summed E-state index contributed by atoms with van der Waals surface area (Å²) >= 11 is 19.2. The number of carbonyl (C=O) groups excluding carboxylic acids is 2. The summed E-state index contributed by atoms with van der Waals surface area (Å²) in [7, 11) is -3.50. The molecule has 12 heteroatoms. The Hall–Kier alpha value is -3.37. The van der Waals surface area contributed by atoms with Gasteiger partial charge in [0.25, 0.3) is 5.91 Å². The van der Waals surface area contributed by atoms with Crippen LogP contribution in [0.15, 0.2) is 65.6 Å². The number of nitrogens with one attached hydrogen (secondary N) is 1. The van der Waals surface area contributed by atoms with Crippen LogP contribution < -0.4 is 5.32 Å². The first-order chi connectivity index (χ1) is 19.3. The van der Waals surface area contributed by atoms with Gasteiger partial charge in [-0.05, 0) is 59.0 Å². The maximum absolute atomic E-state index is 13.2. The molecule has 0 fully saturated rings. The summed E-state index contributed by atoms with van der Waals surface area (Å²) in [6.07, 6.45) is 4.33. The van der Waals surface area contributed by atoms with Crippen molar-refractivity contribution in [1.82, 2.24) is 10.2 Å². The summed E-state index contributed by atoms with van der Waals surface area (Å²) in [4.78, 5) is 39.7. The summed E-state index contributed by atoms with van der Waals surface area (Å²) in [5.74, 6) is -2.32. The molecule has 0 aliphatic carbocycles. The molecule has 1 heterocycles. The van der Waals surface area contributed by atoms with Crippen molar-refractivity contribution < 1.29 is 27.9 Å². The van der Waals surface area contributed by atoms with E-state index in [4.69, 9.17) is 34.8 Å². The number of carboxylic acids is 1. The zero-order valence-electron chi connectivity index (χ0n) is 21.7. The largest absolute Gasteiger partial charge is 0.480 e. The molecule has 0 saturated heterocycles. The van der Waals surface area contributed by atoms with Crippen LogP contribution in [0.3, 0.4) is 0 Å². The number of benzene rings is 3. The summed E-state index contributed by atoms with van der Waals surface area (Å²) < 4.78 is 23.8. The molecule has 2 amide bonds. The first-order valence-electron chi connectivity index (χ1n) is 12.4. The minimum absolute atomic E-state index is 0.00960. The molecule has 2 N–H and O–H groups in total. The van der Waals surface area contributed by atoms with E-state index < -0.39 is 27.8 Å². The number of fused-ring (bicyclic) bond motifs is 1. The number of carbonyl (C=O) groups is 3. The molecule has 0 spiro atoms. The van der Waals surface area contributed by atoms with E-state index in [1.807, 2.05) is 6.07 Å². The highest BCUT2D eigenvalue weighted by atomic mass is 35.5. The maximum Gasteiger partial charge on any atom is 0.326 e. The van der Waals surface area contributed by atoms with E-state index in [1.165, 1.54) is 24.3 Å². The fraction of sp³-hybridized carbons (Fsp3) is 0.207. The Morgan fingerprint density at radius 2 is 1.78 bits per heavy atom. The van der Waals surface area contributed by atoms with E-state index >= 15 is 0 Å². The number of hydrogen-bond acceptors (Lipinski definition) is 5. The normalized spacial score (nSPS) is 14.0. The van der Waals surface area contributed by atoms with Gasteiger partial charge in [0.05, 0.1) is 20.5 Å². The predicted octanol–water partition coefficient (Wildman–Crippen LogP) is 5.07. The summed E-state index contributed by atoms with van der Waals surface area (Å²) in [5.41, 5.74) is 2.38. The second-order valence-corrected chi connectivity index (χ2v) is 12.7. The summed E-state index contributed by atoms with van der Waals surface area (Å²) in [6, 6.07) is 13.2. The average molecular weight is 636 g/mol. The van der Waals surface area contributed by atoms with Gasteiger partial charge in [-0.25, -0.2) is 13.2 Å². The van der Waals surface area contributed by atoms with Crippen molar-refractivity contribution in [3.8, 4) is 0 Å². The van der Waals surface area contributed by atoms with E-state index in [2.05, 4.69) is 5.32 Å². The van der Waals surface area contributed by atoms with Crippen LogP contribution in [0.4, 0.5) is 0 Å². The molecule has 41 heavy (non-hydrogen) atoms. The minimum Gasteiger partial charge on any atom is -0.480 e. The average Bonchev–Trinajstić information content (AvgIpc) is 2.91. The Bertz CT molecular complexity index is 1670. The highest BCUT2D eigenvalue weighted by molar-refractivity contribution is 7.90. The third kappa shape index (κ3) is 7.29. The number of sulfone groups is 1. The van der Waals surface area contributed by atoms with Crippen molar-refractivity contribution in [2.45, 2.75) is 30.3 Å². The molecule has 1 atom stereocenters. The quantitative estimate of drug-likeness (QED) is 0.334. The lowest BCUT2D eigenvalue weighted by atomic mass is 9.96. The molecule has 3 aromatic rings. The lowest BCUT2D eigenvalue weighted by Crippen LogP contribution is -2.42. The van der Waals surface area contributed by atoms with Gasteiger partial charge in [0.1, 0.15) is 6.04 Å². The number of aliphatic carboxylic acids is 1. The number of nitrogens with zero attached hydrogens (tertiary/aromatic N) is 1.